The van der Waals surface area contributed by atoms with E-state index in [2.05, 4.69) is 4.90 Å². The van der Waals surface area contributed by atoms with Crippen LogP contribution in [0.15, 0.2) is 0 Å². The van der Waals surface area contributed by atoms with Crippen molar-refractivity contribution in [1.29, 1.82) is 0 Å². The van der Waals surface area contributed by atoms with E-state index in [-0.39, 0.29) is 18.1 Å². The number of carboxylic acid groups (broad SMARTS) is 1. The number of rotatable bonds is 4. The third-order valence-electron chi connectivity index (χ3n) is 4.27. The van der Waals surface area contributed by atoms with Crippen molar-refractivity contribution in [3.63, 3.8) is 0 Å². The van der Waals surface area contributed by atoms with Crippen LogP contribution < -0.4 is 0 Å². The second kappa shape index (κ2) is 5.99. The van der Waals surface area contributed by atoms with Gasteiger partial charge in [-0.25, -0.2) is 0 Å². The number of ether oxygens (including phenoxy) is 2. The van der Waals surface area contributed by atoms with Crippen molar-refractivity contribution in [3.05, 3.63) is 0 Å². The van der Waals surface area contributed by atoms with Gasteiger partial charge in [0.25, 0.3) is 0 Å². The van der Waals surface area contributed by atoms with Crippen molar-refractivity contribution in [2.75, 3.05) is 33.4 Å². The molecule has 1 aliphatic carbocycles. The number of carbonyl (C=O) groups is 1. The Bertz CT molecular complexity index is 291. The van der Waals surface area contributed by atoms with E-state index in [0.29, 0.717) is 13.2 Å². The maximum Gasteiger partial charge on any atom is 0.305 e. The number of methoxy groups -OCH3 is 1. The zero-order valence-corrected chi connectivity index (χ0v) is 11.1. The topological polar surface area (TPSA) is 59.0 Å². The normalized spacial score (nSPS) is 34.4. The van der Waals surface area contributed by atoms with Crippen molar-refractivity contribution >= 4 is 5.97 Å². The number of hydrogen-bond acceptors (Lipinski definition) is 4. The summed E-state index contributed by atoms with van der Waals surface area (Å²) in [6, 6.07) is 0. The van der Waals surface area contributed by atoms with Gasteiger partial charge in [0.15, 0.2) is 0 Å². The molecule has 5 nitrogen and oxygen atoms in total. The van der Waals surface area contributed by atoms with Crippen LogP contribution in [0.1, 0.15) is 32.1 Å². The Morgan fingerprint density at radius 2 is 2.22 bits per heavy atom. The Kier molecular flexibility index (Phi) is 4.59. The standard InChI is InChI=1S/C13H23NO4/c1-17-11-3-2-4-13(9-11,10-12(15)16)14-5-7-18-8-6-14/h11H,2-10H2,1H3,(H,15,16). The van der Waals surface area contributed by atoms with E-state index in [9.17, 15) is 9.90 Å². The largest absolute Gasteiger partial charge is 0.481 e. The molecule has 2 fully saturated rings. The lowest BCUT2D eigenvalue weighted by Gasteiger charge is -2.49. The van der Waals surface area contributed by atoms with E-state index in [0.717, 1.165) is 38.8 Å². The van der Waals surface area contributed by atoms with Gasteiger partial charge in [0, 0.05) is 25.7 Å². The number of carboxylic acids is 1. The molecule has 0 aromatic carbocycles. The molecule has 18 heavy (non-hydrogen) atoms. The molecular weight excluding hydrogens is 234 g/mol. The van der Waals surface area contributed by atoms with Crippen LogP contribution in [0.2, 0.25) is 0 Å². The summed E-state index contributed by atoms with van der Waals surface area (Å²) < 4.78 is 10.8. The summed E-state index contributed by atoms with van der Waals surface area (Å²) in [4.78, 5) is 13.5. The third-order valence-corrected chi connectivity index (χ3v) is 4.27. The summed E-state index contributed by atoms with van der Waals surface area (Å²) in [6.45, 7) is 3.09. The Balaban J connectivity index is 2.12. The lowest BCUT2D eigenvalue weighted by Crippen LogP contribution is -2.57. The molecule has 2 rings (SSSR count). The fourth-order valence-corrected chi connectivity index (χ4v) is 3.37. The first-order valence-electron chi connectivity index (χ1n) is 6.74. The molecule has 0 bridgehead atoms. The van der Waals surface area contributed by atoms with Gasteiger partial charge in [-0.3, -0.25) is 9.69 Å². The number of hydrogen-bond donors (Lipinski definition) is 1. The minimum absolute atomic E-state index is 0.195. The van der Waals surface area contributed by atoms with Gasteiger partial charge in [-0.15, -0.1) is 0 Å². The molecule has 1 saturated heterocycles. The van der Waals surface area contributed by atoms with Crippen molar-refractivity contribution in [2.24, 2.45) is 0 Å². The molecule has 1 saturated carbocycles. The highest BCUT2D eigenvalue weighted by atomic mass is 16.5. The Labute approximate surface area is 108 Å². The van der Waals surface area contributed by atoms with Crippen molar-refractivity contribution < 1.29 is 19.4 Å². The van der Waals surface area contributed by atoms with Gasteiger partial charge in [0.2, 0.25) is 0 Å². The quantitative estimate of drug-likeness (QED) is 0.818. The van der Waals surface area contributed by atoms with Crippen LogP contribution in [0.25, 0.3) is 0 Å². The molecule has 1 heterocycles. The molecule has 0 aromatic heterocycles. The minimum atomic E-state index is -0.710. The first-order valence-corrected chi connectivity index (χ1v) is 6.74. The van der Waals surface area contributed by atoms with Gasteiger partial charge >= 0.3 is 5.97 Å². The minimum Gasteiger partial charge on any atom is -0.481 e. The summed E-state index contributed by atoms with van der Waals surface area (Å²) in [5.41, 5.74) is -0.228. The van der Waals surface area contributed by atoms with Crippen LogP contribution in [0.5, 0.6) is 0 Å². The average molecular weight is 257 g/mol. The number of morpholine rings is 1. The van der Waals surface area contributed by atoms with E-state index in [1.807, 2.05) is 0 Å². The molecule has 0 radical (unpaired) electrons. The van der Waals surface area contributed by atoms with Gasteiger partial charge in [-0.1, -0.05) is 0 Å². The van der Waals surface area contributed by atoms with Crippen LogP contribution in [-0.2, 0) is 14.3 Å². The highest BCUT2D eigenvalue weighted by Gasteiger charge is 2.43. The summed E-state index contributed by atoms with van der Waals surface area (Å²) in [7, 11) is 1.72. The lowest BCUT2D eigenvalue weighted by atomic mass is 9.76. The summed E-state index contributed by atoms with van der Waals surface area (Å²) >= 11 is 0. The zero-order chi connectivity index (χ0) is 13.0. The van der Waals surface area contributed by atoms with Crippen molar-refractivity contribution in [1.82, 2.24) is 4.90 Å². The summed E-state index contributed by atoms with van der Waals surface area (Å²) in [5.74, 6) is -0.710. The third kappa shape index (κ3) is 3.02. The molecule has 1 N–H and O–H groups in total. The second-order valence-electron chi connectivity index (χ2n) is 5.35. The summed E-state index contributed by atoms with van der Waals surface area (Å²) in [5, 5.41) is 9.22. The van der Waals surface area contributed by atoms with Gasteiger partial charge in [0.05, 0.1) is 25.7 Å². The highest BCUT2D eigenvalue weighted by Crippen LogP contribution is 2.38. The smallest absolute Gasteiger partial charge is 0.305 e. The number of aliphatic carboxylic acids is 1. The molecule has 0 aromatic rings. The zero-order valence-electron chi connectivity index (χ0n) is 11.1. The van der Waals surface area contributed by atoms with E-state index < -0.39 is 5.97 Å². The highest BCUT2D eigenvalue weighted by molar-refractivity contribution is 5.68. The molecule has 104 valence electrons. The Morgan fingerprint density at radius 3 is 2.83 bits per heavy atom. The molecular formula is C13H23NO4. The van der Waals surface area contributed by atoms with Crippen LogP contribution >= 0.6 is 0 Å². The van der Waals surface area contributed by atoms with Crippen LogP contribution in [0, 0.1) is 0 Å². The lowest BCUT2D eigenvalue weighted by molar-refractivity contribution is -0.144. The molecule has 0 amide bonds. The second-order valence-corrected chi connectivity index (χ2v) is 5.35. The van der Waals surface area contributed by atoms with E-state index in [1.165, 1.54) is 0 Å². The fourth-order valence-electron chi connectivity index (χ4n) is 3.37. The van der Waals surface area contributed by atoms with Crippen LogP contribution in [0.4, 0.5) is 0 Å². The molecule has 2 aliphatic rings. The van der Waals surface area contributed by atoms with E-state index in [1.54, 1.807) is 7.11 Å². The SMILES string of the molecule is COC1CCCC(CC(=O)O)(N2CCOCC2)C1. The molecule has 0 spiro atoms. The predicted octanol–water partition coefficient (Wildman–Crippen LogP) is 1.12. The average Bonchev–Trinajstić information content (AvgIpc) is 2.39. The van der Waals surface area contributed by atoms with Crippen LogP contribution in [-0.4, -0.2) is 61.0 Å². The Hall–Kier alpha value is -0.650. The van der Waals surface area contributed by atoms with Crippen LogP contribution in [0.3, 0.4) is 0 Å². The molecule has 2 atom stereocenters. The maximum absolute atomic E-state index is 11.2. The van der Waals surface area contributed by atoms with Gasteiger partial charge in [-0.05, 0) is 25.7 Å². The molecule has 1 aliphatic heterocycles. The van der Waals surface area contributed by atoms with E-state index in [4.69, 9.17) is 9.47 Å². The Morgan fingerprint density at radius 1 is 1.50 bits per heavy atom. The first kappa shape index (κ1) is 13.8. The van der Waals surface area contributed by atoms with E-state index >= 15 is 0 Å². The summed E-state index contributed by atoms with van der Waals surface area (Å²) in [6.07, 6.45) is 4.29. The fraction of sp³-hybridized carbons (Fsp3) is 0.923. The monoisotopic (exact) mass is 257 g/mol. The molecule has 2 unspecified atom stereocenters. The first-order chi connectivity index (χ1) is 8.66. The molecule has 5 heteroatoms. The van der Waals surface area contributed by atoms with Crippen molar-refractivity contribution in [3.8, 4) is 0 Å². The number of nitrogens with zero attached hydrogens (tertiary/aromatic N) is 1. The van der Waals surface area contributed by atoms with Crippen molar-refractivity contribution in [2.45, 2.75) is 43.7 Å². The van der Waals surface area contributed by atoms with Gasteiger partial charge < -0.3 is 14.6 Å². The van der Waals surface area contributed by atoms with Gasteiger partial charge in [-0.2, -0.15) is 0 Å². The maximum atomic E-state index is 11.2. The van der Waals surface area contributed by atoms with Gasteiger partial charge in [0.1, 0.15) is 0 Å². The predicted molar refractivity (Wildman–Crippen MR) is 66.6 cm³/mol.